The fourth-order valence-electron chi connectivity index (χ4n) is 4.32. The lowest BCUT2D eigenvalue weighted by atomic mass is 9.70. The van der Waals surface area contributed by atoms with Crippen molar-refractivity contribution < 1.29 is 9.90 Å². The number of hydrogen-bond acceptors (Lipinski definition) is 2. The summed E-state index contributed by atoms with van der Waals surface area (Å²) in [5, 5.41) is 9.61. The van der Waals surface area contributed by atoms with Gasteiger partial charge in [-0.2, -0.15) is 0 Å². The standard InChI is InChI=1S/C21H31NO2/c1-15-5-6-16-17(19(23)24)14-21(18(16)13-15)8-11-22(12-9-21)10-7-20(2,3)4/h5-6,14-15H,7-13H2,1-4H3,(H,23,24). The molecule has 1 fully saturated rings. The zero-order chi connectivity index (χ0) is 17.5. The number of carbonyl (C=O) groups is 1. The summed E-state index contributed by atoms with van der Waals surface area (Å²) in [4.78, 5) is 14.3. The summed E-state index contributed by atoms with van der Waals surface area (Å²) < 4.78 is 0. The highest BCUT2D eigenvalue weighted by molar-refractivity contribution is 5.95. The maximum Gasteiger partial charge on any atom is 0.335 e. The van der Waals surface area contributed by atoms with Crippen LogP contribution in [0, 0.1) is 16.7 Å². The molecular formula is C21H31NO2. The summed E-state index contributed by atoms with van der Waals surface area (Å²) in [6.07, 6.45) is 10.7. The number of likely N-dealkylation sites (tertiary alicyclic amines) is 1. The first-order valence-corrected chi connectivity index (χ1v) is 9.31. The molecule has 0 aromatic heterocycles. The van der Waals surface area contributed by atoms with Crippen molar-refractivity contribution in [2.45, 2.75) is 53.4 Å². The molecule has 0 aromatic rings. The fourth-order valence-corrected chi connectivity index (χ4v) is 4.32. The smallest absolute Gasteiger partial charge is 0.335 e. The number of fused-ring (bicyclic) bond motifs is 1. The van der Waals surface area contributed by atoms with E-state index in [4.69, 9.17) is 0 Å². The van der Waals surface area contributed by atoms with Crippen LogP contribution in [0.5, 0.6) is 0 Å². The minimum absolute atomic E-state index is 0.000307. The first kappa shape index (κ1) is 17.5. The van der Waals surface area contributed by atoms with E-state index in [-0.39, 0.29) is 5.41 Å². The van der Waals surface area contributed by atoms with Crippen LogP contribution in [0.2, 0.25) is 0 Å². The van der Waals surface area contributed by atoms with Crippen LogP contribution >= 0.6 is 0 Å². The number of hydrogen-bond donors (Lipinski definition) is 1. The lowest BCUT2D eigenvalue weighted by Crippen LogP contribution is -2.41. The molecule has 1 N–H and O–H groups in total. The van der Waals surface area contributed by atoms with Gasteiger partial charge in [-0.05, 0) is 62.2 Å². The third kappa shape index (κ3) is 3.37. The number of carboxylic acids is 1. The molecule has 132 valence electrons. The van der Waals surface area contributed by atoms with Crippen molar-refractivity contribution in [3.8, 4) is 0 Å². The number of rotatable bonds is 3. The van der Waals surface area contributed by atoms with E-state index in [1.165, 1.54) is 12.0 Å². The fraction of sp³-hybridized carbons (Fsp3) is 0.667. The van der Waals surface area contributed by atoms with Crippen LogP contribution in [-0.2, 0) is 4.79 Å². The Morgan fingerprint density at radius 1 is 1.33 bits per heavy atom. The molecule has 1 atom stereocenters. The van der Waals surface area contributed by atoms with Crippen molar-refractivity contribution in [3.05, 3.63) is 34.9 Å². The van der Waals surface area contributed by atoms with Crippen LogP contribution in [0.3, 0.4) is 0 Å². The highest BCUT2D eigenvalue weighted by atomic mass is 16.4. The Hall–Kier alpha value is -1.35. The number of nitrogens with zero attached hydrogens (tertiary/aromatic N) is 1. The van der Waals surface area contributed by atoms with E-state index in [0.717, 1.165) is 44.5 Å². The molecule has 3 rings (SSSR count). The van der Waals surface area contributed by atoms with Crippen LogP contribution in [0.25, 0.3) is 0 Å². The van der Waals surface area contributed by atoms with Gasteiger partial charge in [0.1, 0.15) is 0 Å². The maximum absolute atomic E-state index is 11.7. The Morgan fingerprint density at radius 3 is 2.58 bits per heavy atom. The van der Waals surface area contributed by atoms with Crippen LogP contribution < -0.4 is 0 Å². The predicted octanol–water partition coefficient (Wildman–Crippen LogP) is 4.42. The van der Waals surface area contributed by atoms with E-state index in [0.29, 0.717) is 16.9 Å². The van der Waals surface area contributed by atoms with E-state index in [1.807, 2.05) is 0 Å². The molecule has 1 saturated heterocycles. The Kier molecular flexibility index (Phi) is 4.50. The van der Waals surface area contributed by atoms with Crippen LogP contribution in [0.15, 0.2) is 34.9 Å². The average Bonchev–Trinajstić information content (AvgIpc) is 2.81. The summed E-state index contributed by atoms with van der Waals surface area (Å²) in [5.41, 5.74) is 3.31. The van der Waals surface area contributed by atoms with E-state index in [1.54, 1.807) is 0 Å². The largest absolute Gasteiger partial charge is 0.478 e. The second-order valence-corrected chi connectivity index (χ2v) is 9.10. The molecule has 0 amide bonds. The van der Waals surface area contributed by atoms with E-state index < -0.39 is 5.97 Å². The van der Waals surface area contributed by atoms with E-state index in [2.05, 4.69) is 50.8 Å². The predicted molar refractivity (Wildman–Crippen MR) is 97.8 cm³/mol. The molecule has 1 spiro atoms. The maximum atomic E-state index is 11.7. The normalized spacial score (nSPS) is 26.7. The molecule has 0 saturated carbocycles. The second kappa shape index (κ2) is 6.18. The third-order valence-corrected chi connectivity index (χ3v) is 5.91. The highest BCUT2D eigenvalue weighted by Gasteiger charge is 2.44. The SMILES string of the molecule is CC1C=CC2=C(C1)C1(C=C2C(=O)O)CCN(CCC(C)(C)C)CC1. The molecule has 1 unspecified atom stereocenters. The van der Waals surface area contributed by atoms with Gasteiger partial charge in [0, 0.05) is 5.41 Å². The second-order valence-electron chi connectivity index (χ2n) is 9.10. The van der Waals surface area contributed by atoms with Crippen LogP contribution in [-0.4, -0.2) is 35.6 Å². The lowest BCUT2D eigenvalue weighted by molar-refractivity contribution is -0.132. The molecule has 0 radical (unpaired) electrons. The number of piperidine rings is 1. The van der Waals surface area contributed by atoms with Crippen molar-refractivity contribution in [1.29, 1.82) is 0 Å². The van der Waals surface area contributed by atoms with Gasteiger partial charge >= 0.3 is 5.97 Å². The molecule has 3 aliphatic rings. The zero-order valence-electron chi connectivity index (χ0n) is 15.6. The van der Waals surface area contributed by atoms with Gasteiger partial charge in [0.05, 0.1) is 5.57 Å². The minimum Gasteiger partial charge on any atom is -0.478 e. The highest BCUT2D eigenvalue weighted by Crippen LogP contribution is 2.52. The number of aliphatic carboxylic acids is 1. The summed E-state index contributed by atoms with van der Waals surface area (Å²) in [6, 6.07) is 0. The third-order valence-electron chi connectivity index (χ3n) is 5.91. The molecule has 24 heavy (non-hydrogen) atoms. The van der Waals surface area contributed by atoms with Crippen molar-refractivity contribution in [2.24, 2.45) is 16.7 Å². The molecule has 2 aliphatic carbocycles. The Balaban J connectivity index is 1.76. The van der Waals surface area contributed by atoms with Gasteiger partial charge in [0.25, 0.3) is 0 Å². The summed E-state index contributed by atoms with van der Waals surface area (Å²) >= 11 is 0. The van der Waals surface area contributed by atoms with Gasteiger partial charge in [-0.25, -0.2) is 4.79 Å². The van der Waals surface area contributed by atoms with Crippen molar-refractivity contribution in [1.82, 2.24) is 4.90 Å². The lowest BCUT2D eigenvalue weighted by Gasteiger charge is -2.42. The van der Waals surface area contributed by atoms with Crippen LogP contribution in [0.4, 0.5) is 0 Å². The zero-order valence-corrected chi connectivity index (χ0v) is 15.6. The van der Waals surface area contributed by atoms with Gasteiger partial charge in [-0.15, -0.1) is 0 Å². The van der Waals surface area contributed by atoms with Gasteiger partial charge in [-0.1, -0.05) is 51.5 Å². The molecule has 3 nitrogen and oxygen atoms in total. The summed E-state index contributed by atoms with van der Waals surface area (Å²) in [6.45, 7) is 12.4. The molecule has 0 aromatic carbocycles. The van der Waals surface area contributed by atoms with E-state index >= 15 is 0 Å². The molecule has 1 heterocycles. The molecular weight excluding hydrogens is 298 g/mol. The van der Waals surface area contributed by atoms with Crippen molar-refractivity contribution in [3.63, 3.8) is 0 Å². The Morgan fingerprint density at radius 2 is 2.00 bits per heavy atom. The van der Waals surface area contributed by atoms with Crippen LogP contribution in [0.1, 0.15) is 53.4 Å². The van der Waals surface area contributed by atoms with Crippen molar-refractivity contribution >= 4 is 5.97 Å². The topological polar surface area (TPSA) is 40.5 Å². The Labute approximate surface area is 146 Å². The average molecular weight is 329 g/mol. The number of carboxylic acid groups (broad SMARTS) is 1. The molecule has 0 bridgehead atoms. The summed E-state index contributed by atoms with van der Waals surface area (Å²) in [7, 11) is 0. The first-order valence-electron chi connectivity index (χ1n) is 9.31. The molecule has 3 heteroatoms. The van der Waals surface area contributed by atoms with Crippen molar-refractivity contribution in [2.75, 3.05) is 19.6 Å². The monoisotopic (exact) mass is 329 g/mol. The van der Waals surface area contributed by atoms with Gasteiger partial charge < -0.3 is 10.0 Å². The molecule has 1 aliphatic heterocycles. The van der Waals surface area contributed by atoms with Gasteiger partial charge in [0.2, 0.25) is 0 Å². The van der Waals surface area contributed by atoms with Gasteiger partial charge in [-0.3, -0.25) is 0 Å². The quantitative estimate of drug-likeness (QED) is 0.833. The number of allylic oxidation sites excluding steroid dienone is 4. The first-order chi connectivity index (χ1) is 11.2. The van der Waals surface area contributed by atoms with Gasteiger partial charge in [0.15, 0.2) is 0 Å². The minimum atomic E-state index is -0.770. The summed E-state index contributed by atoms with van der Waals surface area (Å²) in [5.74, 6) is -0.255. The Bertz CT molecular complexity index is 610. The van der Waals surface area contributed by atoms with E-state index in [9.17, 15) is 9.90 Å².